The number of aromatic nitrogens is 1. The minimum Gasteiger partial charge on any atom is -0.454 e. The number of likely N-dealkylation sites (N-methyl/N-ethyl adjacent to an activating group) is 1. The van der Waals surface area contributed by atoms with Crippen LogP contribution in [0.3, 0.4) is 0 Å². The van der Waals surface area contributed by atoms with Crippen molar-refractivity contribution in [3.8, 4) is 11.5 Å². The Morgan fingerprint density at radius 3 is 2.67 bits per heavy atom. The molecule has 3 aromatic rings. The first-order valence-corrected chi connectivity index (χ1v) is 9.63. The molecule has 0 spiro atoms. The number of fused-ring (bicyclic) bond motifs is 2. The van der Waals surface area contributed by atoms with Crippen molar-refractivity contribution in [1.29, 1.82) is 0 Å². The number of rotatable bonds is 5. The van der Waals surface area contributed by atoms with E-state index in [1.54, 1.807) is 23.1 Å². The largest absolute Gasteiger partial charge is 0.454 e. The molecule has 0 fully saturated rings. The summed E-state index contributed by atoms with van der Waals surface area (Å²) in [6, 6.07) is 10.8. The summed E-state index contributed by atoms with van der Waals surface area (Å²) in [6.07, 6.45) is 0. The standard InChI is InChI=1S/C19H18ClN3O3S/c1-22(2)7-8-23(18(24)12-5-3-4-6-13(12)20)19-21-14-9-15-16(26-11-25-15)10-17(14)27-19/h3-6,9-10H,7-8,11H2,1-2H3. The average molecular weight is 404 g/mol. The second-order valence-electron chi connectivity index (χ2n) is 6.41. The van der Waals surface area contributed by atoms with Gasteiger partial charge in [0, 0.05) is 25.2 Å². The van der Waals surface area contributed by atoms with Crippen molar-refractivity contribution in [2.75, 3.05) is 38.9 Å². The first kappa shape index (κ1) is 18.0. The SMILES string of the molecule is CN(C)CCN(C(=O)c1ccccc1Cl)c1nc2cc3c(cc2s1)OCO3. The highest BCUT2D eigenvalue weighted by molar-refractivity contribution is 7.22. The van der Waals surface area contributed by atoms with Crippen molar-refractivity contribution in [1.82, 2.24) is 9.88 Å². The van der Waals surface area contributed by atoms with Crippen LogP contribution in [0, 0.1) is 0 Å². The Hall–Kier alpha value is -2.35. The van der Waals surface area contributed by atoms with E-state index in [-0.39, 0.29) is 12.7 Å². The summed E-state index contributed by atoms with van der Waals surface area (Å²) in [7, 11) is 3.94. The Morgan fingerprint density at radius 2 is 1.93 bits per heavy atom. The molecular formula is C19H18ClN3O3S. The Kier molecular flexibility index (Phi) is 4.90. The number of nitrogens with zero attached hydrogens (tertiary/aromatic N) is 3. The number of amides is 1. The number of carbonyl (C=O) groups excluding carboxylic acids is 1. The van der Waals surface area contributed by atoms with Gasteiger partial charge in [0.1, 0.15) is 0 Å². The third-order valence-corrected chi connectivity index (χ3v) is 5.59. The van der Waals surface area contributed by atoms with Gasteiger partial charge in [0.2, 0.25) is 6.79 Å². The van der Waals surface area contributed by atoms with Gasteiger partial charge in [-0.15, -0.1) is 0 Å². The summed E-state index contributed by atoms with van der Waals surface area (Å²) in [6.45, 7) is 1.43. The number of carbonyl (C=O) groups is 1. The fraction of sp³-hybridized carbons (Fsp3) is 0.263. The molecule has 4 rings (SSSR count). The van der Waals surface area contributed by atoms with Crippen molar-refractivity contribution < 1.29 is 14.3 Å². The topological polar surface area (TPSA) is 54.9 Å². The zero-order valence-corrected chi connectivity index (χ0v) is 16.5. The van der Waals surface area contributed by atoms with Gasteiger partial charge in [-0.25, -0.2) is 4.98 Å². The van der Waals surface area contributed by atoms with E-state index in [4.69, 9.17) is 21.1 Å². The molecule has 8 heteroatoms. The number of anilines is 1. The summed E-state index contributed by atoms with van der Waals surface area (Å²) in [4.78, 5) is 21.6. The molecule has 0 N–H and O–H groups in total. The number of thiazole rings is 1. The molecule has 0 saturated heterocycles. The number of hydrogen-bond acceptors (Lipinski definition) is 6. The van der Waals surface area contributed by atoms with Crippen LogP contribution in [0.4, 0.5) is 5.13 Å². The maximum absolute atomic E-state index is 13.2. The van der Waals surface area contributed by atoms with Gasteiger partial charge in [-0.05, 0) is 26.2 Å². The molecule has 0 radical (unpaired) electrons. The smallest absolute Gasteiger partial charge is 0.261 e. The molecule has 0 atom stereocenters. The maximum Gasteiger partial charge on any atom is 0.261 e. The summed E-state index contributed by atoms with van der Waals surface area (Å²) >= 11 is 7.70. The fourth-order valence-corrected chi connectivity index (χ4v) is 4.00. The molecule has 1 amide bonds. The highest BCUT2D eigenvalue weighted by Gasteiger charge is 2.24. The molecule has 1 aliphatic heterocycles. The molecule has 2 heterocycles. The molecule has 0 aliphatic carbocycles. The number of halogens is 1. The van der Waals surface area contributed by atoms with E-state index in [1.165, 1.54) is 11.3 Å². The van der Waals surface area contributed by atoms with Crippen LogP contribution < -0.4 is 14.4 Å². The molecule has 2 aromatic carbocycles. The first-order chi connectivity index (χ1) is 13.0. The lowest BCUT2D eigenvalue weighted by Gasteiger charge is -2.22. The molecule has 1 aromatic heterocycles. The summed E-state index contributed by atoms with van der Waals surface area (Å²) < 4.78 is 11.8. The zero-order chi connectivity index (χ0) is 19.0. The molecule has 1 aliphatic rings. The highest BCUT2D eigenvalue weighted by Crippen LogP contribution is 2.40. The summed E-state index contributed by atoms with van der Waals surface area (Å²) in [5.41, 5.74) is 1.24. The van der Waals surface area contributed by atoms with Gasteiger partial charge in [0.15, 0.2) is 16.6 Å². The van der Waals surface area contributed by atoms with Crippen molar-refractivity contribution in [2.45, 2.75) is 0 Å². The van der Waals surface area contributed by atoms with Gasteiger partial charge in [-0.3, -0.25) is 9.69 Å². The maximum atomic E-state index is 13.2. The number of benzene rings is 2. The molecule has 0 unspecified atom stereocenters. The predicted molar refractivity (Wildman–Crippen MR) is 107 cm³/mol. The van der Waals surface area contributed by atoms with Gasteiger partial charge in [-0.1, -0.05) is 35.1 Å². The third-order valence-electron chi connectivity index (χ3n) is 4.22. The van der Waals surface area contributed by atoms with Crippen LogP contribution in [0.2, 0.25) is 5.02 Å². The Morgan fingerprint density at radius 1 is 1.19 bits per heavy atom. The average Bonchev–Trinajstić information content (AvgIpc) is 3.25. The predicted octanol–water partition coefficient (Wildman–Crippen LogP) is 3.89. The molecule has 0 bridgehead atoms. The number of ether oxygens (including phenoxy) is 2. The van der Waals surface area contributed by atoms with Gasteiger partial charge in [0.05, 0.1) is 20.8 Å². The van der Waals surface area contributed by atoms with Crippen molar-refractivity contribution >= 4 is 44.2 Å². The molecule has 140 valence electrons. The van der Waals surface area contributed by atoms with E-state index in [9.17, 15) is 4.79 Å². The minimum atomic E-state index is -0.165. The van der Waals surface area contributed by atoms with Gasteiger partial charge in [-0.2, -0.15) is 0 Å². The second kappa shape index (κ2) is 7.34. The van der Waals surface area contributed by atoms with E-state index in [1.807, 2.05) is 37.2 Å². The molecule has 0 saturated carbocycles. The Bertz CT molecular complexity index is 964. The fourth-order valence-electron chi connectivity index (χ4n) is 2.79. The van der Waals surface area contributed by atoms with Gasteiger partial charge in [0.25, 0.3) is 5.91 Å². The van der Waals surface area contributed by atoms with Crippen LogP contribution in [0.1, 0.15) is 10.4 Å². The van der Waals surface area contributed by atoms with E-state index >= 15 is 0 Å². The van der Waals surface area contributed by atoms with Crippen LogP contribution in [0.15, 0.2) is 36.4 Å². The Labute approximate surface area is 165 Å². The monoisotopic (exact) mass is 403 g/mol. The van der Waals surface area contributed by atoms with Gasteiger partial charge < -0.3 is 14.4 Å². The van der Waals surface area contributed by atoms with E-state index in [0.717, 1.165) is 10.2 Å². The quantitative estimate of drug-likeness (QED) is 0.647. The van der Waals surface area contributed by atoms with E-state index < -0.39 is 0 Å². The number of hydrogen-bond donors (Lipinski definition) is 0. The van der Waals surface area contributed by atoms with Crippen molar-refractivity contribution in [3.63, 3.8) is 0 Å². The van der Waals surface area contributed by atoms with Crippen molar-refractivity contribution in [2.24, 2.45) is 0 Å². The second-order valence-corrected chi connectivity index (χ2v) is 7.83. The first-order valence-electron chi connectivity index (χ1n) is 8.44. The zero-order valence-electron chi connectivity index (χ0n) is 14.9. The van der Waals surface area contributed by atoms with Gasteiger partial charge >= 0.3 is 0 Å². The van der Waals surface area contributed by atoms with Crippen LogP contribution in [-0.4, -0.2) is 49.8 Å². The normalized spacial score (nSPS) is 12.7. The lowest BCUT2D eigenvalue weighted by Crippen LogP contribution is -2.36. The van der Waals surface area contributed by atoms with E-state index in [2.05, 4.69) is 4.98 Å². The third kappa shape index (κ3) is 3.58. The molecule has 27 heavy (non-hydrogen) atoms. The highest BCUT2D eigenvalue weighted by atomic mass is 35.5. The lowest BCUT2D eigenvalue weighted by atomic mass is 10.2. The van der Waals surface area contributed by atoms with Crippen molar-refractivity contribution in [3.05, 3.63) is 47.0 Å². The van der Waals surface area contributed by atoms with Crippen LogP contribution >= 0.6 is 22.9 Å². The summed E-state index contributed by atoms with van der Waals surface area (Å²) in [5, 5.41) is 1.06. The minimum absolute atomic E-state index is 0.165. The molecule has 6 nitrogen and oxygen atoms in total. The van der Waals surface area contributed by atoms with Crippen LogP contribution in [-0.2, 0) is 0 Å². The van der Waals surface area contributed by atoms with Crippen LogP contribution in [0.5, 0.6) is 11.5 Å². The lowest BCUT2D eigenvalue weighted by molar-refractivity contribution is 0.0985. The van der Waals surface area contributed by atoms with Crippen LogP contribution in [0.25, 0.3) is 10.2 Å². The van der Waals surface area contributed by atoms with E-state index in [0.29, 0.717) is 40.3 Å². The molecular weight excluding hydrogens is 386 g/mol. The summed E-state index contributed by atoms with van der Waals surface area (Å²) in [5.74, 6) is 1.22. The Balaban J connectivity index is 1.73.